The molecule has 2 N–H and O–H groups in total. The SMILES string of the molecule is COc1cccc(CC(N)COC(C)C)c1. The summed E-state index contributed by atoms with van der Waals surface area (Å²) < 4.78 is 10.6. The van der Waals surface area contributed by atoms with Gasteiger partial charge in [0, 0.05) is 6.04 Å². The van der Waals surface area contributed by atoms with Crippen LogP contribution in [0, 0.1) is 0 Å². The van der Waals surface area contributed by atoms with Gasteiger partial charge in [0.05, 0.1) is 19.8 Å². The van der Waals surface area contributed by atoms with E-state index in [1.54, 1.807) is 7.11 Å². The third-order valence-corrected chi connectivity index (χ3v) is 2.28. The van der Waals surface area contributed by atoms with Crippen LogP contribution in [0.3, 0.4) is 0 Å². The highest BCUT2D eigenvalue weighted by Crippen LogP contribution is 2.13. The van der Waals surface area contributed by atoms with E-state index in [9.17, 15) is 0 Å². The number of ether oxygens (including phenoxy) is 2. The summed E-state index contributed by atoms with van der Waals surface area (Å²) in [5.41, 5.74) is 7.16. The number of hydrogen-bond donors (Lipinski definition) is 1. The molecule has 0 spiro atoms. The summed E-state index contributed by atoms with van der Waals surface area (Å²) in [5.74, 6) is 0.870. The molecule has 0 heterocycles. The molecule has 0 fully saturated rings. The molecule has 0 bridgehead atoms. The van der Waals surface area contributed by atoms with Crippen molar-refractivity contribution >= 4 is 0 Å². The monoisotopic (exact) mass is 223 g/mol. The first-order valence-corrected chi connectivity index (χ1v) is 5.62. The number of hydrogen-bond acceptors (Lipinski definition) is 3. The van der Waals surface area contributed by atoms with Crippen LogP contribution in [0.5, 0.6) is 5.75 Å². The molecule has 1 aromatic carbocycles. The van der Waals surface area contributed by atoms with Gasteiger partial charge in [-0.05, 0) is 38.0 Å². The molecule has 1 aromatic rings. The molecule has 1 unspecified atom stereocenters. The van der Waals surface area contributed by atoms with E-state index < -0.39 is 0 Å². The first-order valence-electron chi connectivity index (χ1n) is 5.62. The molecule has 0 saturated heterocycles. The van der Waals surface area contributed by atoms with Crippen molar-refractivity contribution in [3.05, 3.63) is 29.8 Å². The zero-order valence-corrected chi connectivity index (χ0v) is 10.3. The summed E-state index contributed by atoms with van der Waals surface area (Å²) in [4.78, 5) is 0. The van der Waals surface area contributed by atoms with Crippen LogP contribution in [-0.4, -0.2) is 25.9 Å². The standard InChI is InChI=1S/C13H21NO2/c1-10(2)16-9-12(14)7-11-5-4-6-13(8-11)15-3/h4-6,8,10,12H,7,9,14H2,1-3H3. The highest BCUT2D eigenvalue weighted by Gasteiger charge is 2.06. The quantitative estimate of drug-likeness (QED) is 0.802. The van der Waals surface area contributed by atoms with Crippen LogP contribution in [0.4, 0.5) is 0 Å². The van der Waals surface area contributed by atoms with Gasteiger partial charge in [0.2, 0.25) is 0 Å². The molecular formula is C13H21NO2. The summed E-state index contributed by atoms with van der Waals surface area (Å²) in [5, 5.41) is 0. The molecular weight excluding hydrogens is 202 g/mol. The van der Waals surface area contributed by atoms with Gasteiger partial charge in [-0.3, -0.25) is 0 Å². The average molecular weight is 223 g/mol. The van der Waals surface area contributed by atoms with Crippen molar-refractivity contribution in [2.75, 3.05) is 13.7 Å². The van der Waals surface area contributed by atoms with Gasteiger partial charge in [0.15, 0.2) is 0 Å². The lowest BCUT2D eigenvalue weighted by atomic mass is 10.1. The van der Waals surface area contributed by atoms with Gasteiger partial charge >= 0.3 is 0 Å². The van der Waals surface area contributed by atoms with Crippen LogP contribution < -0.4 is 10.5 Å². The molecule has 1 atom stereocenters. The molecule has 0 radical (unpaired) electrons. The second-order valence-electron chi connectivity index (χ2n) is 4.20. The lowest BCUT2D eigenvalue weighted by Crippen LogP contribution is -2.30. The minimum absolute atomic E-state index is 0.0366. The minimum Gasteiger partial charge on any atom is -0.497 e. The maximum absolute atomic E-state index is 5.98. The van der Waals surface area contributed by atoms with E-state index >= 15 is 0 Å². The van der Waals surface area contributed by atoms with Crippen molar-refractivity contribution in [1.29, 1.82) is 0 Å². The largest absolute Gasteiger partial charge is 0.497 e. The van der Waals surface area contributed by atoms with E-state index in [4.69, 9.17) is 15.2 Å². The maximum Gasteiger partial charge on any atom is 0.119 e. The van der Waals surface area contributed by atoms with Crippen molar-refractivity contribution in [2.24, 2.45) is 5.73 Å². The maximum atomic E-state index is 5.98. The topological polar surface area (TPSA) is 44.5 Å². The van der Waals surface area contributed by atoms with E-state index in [-0.39, 0.29) is 12.1 Å². The molecule has 0 aromatic heterocycles. The van der Waals surface area contributed by atoms with Crippen LogP contribution >= 0.6 is 0 Å². The van der Waals surface area contributed by atoms with E-state index in [2.05, 4.69) is 6.07 Å². The van der Waals surface area contributed by atoms with Gasteiger partial charge in [-0.1, -0.05) is 12.1 Å². The fourth-order valence-corrected chi connectivity index (χ4v) is 1.48. The second kappa shape index (κ2) is 6.51. The summed E-state index contributed by atoms with van der Waals surface area (Å²) in [6.07, 6.45) is 1.04. The number of methoxy groups -OCH3 is 1. The lowest BCUT2D eigenvalue weighted by Gasteiger charge is -2.14. The van der Waals surface area contributed by atoms with E-state index in [0.717, 1.165) is 12.2 Å². The Morgan fingerprint density at radius 1 is 1.31 bits per heavy atom. The third-order valence-electron chi connectivity index (χ3n) is 2.28. The fraction of sp³-hybridized carbons (Fsp3) is 0.538. The van der Waals surface area contributed by atoms with Crippen molar-refractivity contribution < 1.29 is 9.47 Å². The summed E-state index contributed by atoms with van der Waals surface area (Å²) in [7, 11) is 1.67. The van der Waals surface area contributed by atoms with Crippen molar-refractivity contribution in [3.63, 3.8) is 0 Å². The Morgan fingerprint density at radius 3 is 2.69 bits per heavy atom. The van der Waals surface area contributed by atoms with Gasteiger partial charge in [-0.15, -0.1) is 0 Å². The molecule has 0 aliphatic rings. The number of rotatable bonds is 6. The van der Waals surface area contributed by atoms with Gasteiger partial charge in [-0.2, -0.15) is 0 Å². The fourth-order valence-electron chi connectivity index (χ4n) is 1.48. The number of benzene rings is 1. The van der Waals surface area contributed by atoms with Crippen LogP contribution in [0.15, 0.2) is 24.3 Å². The van der Waals surface area contributed by atoms with E-state index in [1.807, 2.05) is 32.0 Å². The molecule has 16 heavy (non-hydrogen) atoms. The van der Waals surface area contributed by atoms with Gasteiger partial charge < -0.3 is 15.2 Å². The summed E-state index contributed by atoms with van der Waals surface area (Å²) in [6, 6.07) is 8.01. The average Bonchev–Trinajstić information content (AvgIpc) is 2.26. The predicted molar refractivity (Wildman–Crippen MR) is 65.8 cm³/mol. The molecule has 90 valence electrons. The molecule has 3 heteroatoms. The molecule has 0 saturated carbocycles. The third kappa shape index (κ3) is 4.64. The Hall–Kier alpha value is -1.06. The molecule has 1 rings (SSSR count). The Morgan fingerprint density at radius 2 is 2.06 bits per heavy atom. The highest BCUT2D eigenvalue weighted by atomic mass is 16.5. The van der Waals surface area contributed by atoms with Crippen molar-refractivity contribution in [2.45, 2.75) is 32.4 Å². The zero-order chi connectivity index (χ0) is 12.0. The van der Waals surface area contributed by atoms with Crippen LogP contribution in [0.1, 0.15) is 19.4 Å². The molecule has 0 amide bonds. The Kier molecular flexibility index (Phi) is 5.29. The Balaban J connectivity index is 2.45. The van der Waals surface area contributed by atoms with Crippen LogP contribution in [0.25, 0.3) is 0 Å². The van der Waals surface area contributed by atoms with Crippen LogP contribution in [0.2, 0.25) is 0 Å². The zero-order valence-electron chi connectivity index (χ0n) is 10.3. The molecule has 0 aliphatic carbocycles. The van der Waals surface area contributed by atoms with E-state index in [1.165, 1.54) is 5.56 Å². The first kappa shape index (κ1) is 13.0. The van der Waals surface area contributed by atoms with Gasteiger partial charge in [0.25, 0.3) is 0 Å². The van der Waals surface area contributed by atoms with Gasteiger partial charge in [0.1, 0.15) is 5.75 Å². The predicted octanol–water partition coefficient (Wildman–Crippen LogP) is 1.99. The summed E-state index contributed by atoms with van der Waals surface area (Å²) in [6.45, 7) is 4.62. The van der Waals surface area contributed by atoms with Crippen molar-refractivity contribution in [3.8, 4) is 5.75 Å². The number of nitrogens with two attached hydrogens (primary N) is 1. The Labute approximate surface area is 97.6 Å². The van der Waals surface area contributed by atoms with Crippen molar-refractivity contribution in [1.82, 2.24) is 0 Å². The Bertz CT molecular complexity index is 313. The normalized spacial score (nSPS) is 12.8. The molecule has 3 nitrogen and oxygen atoms in total. The van der Waals surface area contributed by atoms with Gasteiger partial charge in [-0.25, -0.2) is 0 Å². The first-order chi connectivity index (χ1) is 7.61. The minimum atomic E-state index is 0.0366. The van der Waals surface area contributed by atoms with E-state index in [0.29, 0.717) is 6.61 Å². The molecule has 0 aliphatic heterocycles. The second-order valence-corrected chi connectivity index (χ2v) is 4.20. The smallest absolute Gasteiger partial charge is 0.119 e. The lowest BCUT2D eigenvalue weighted by molar-refractivity contribution is 0.0684. The highest BCUT2D eigenvalue weighted by molar-refractivity contribution is 5.28. The summed E-state index contributed by atoms with van der Waals surface area (Å²) >= 11 is 0. The van der Waals surface area contributed by atoms with Crippen LogP contribution in [-0.2, 0) is 11.2 Å².